The number of carbonyl (C=O) groups excluding carboxylic acids is 1. The fourth-order valence-electron chi connectivity index (χ4n) is 3.59. The molecule has 0 radical (unpaired) electrons. The van der Waals surface area contributed by atoms with Gasteiger partial charge in [-0.3, -0.25) is 9.10 Å². The smallest absolute Gasteiger partial charge is 0.251 e. The lowest BCUT2D eigenvalue weighted by molar-refractivity contribution is 0.0927. The van der Waals surface area contributed by atoms with Crippen molar-refractivity contribution in [1.29, 1.82) is 0 Å². The zero-order chi connectivity index (χ0) is 17.2. The number of anilines is 1. The Morgan fingerprint density at radius 2 is 1.88 bits per heavy atom. The first-order chi connectivity index (χ1) is 11.5. The summed E-state index contributed by atoms with van der Waals surface area (Å²) >= 11 is 0. The molecule has 6 heteroatoms. The number of benzene rings is 1. The summed E-state index contributed by atoms with van der Waals surface area (Å²) in [7, 11) is -3.27. The van der Waals surface area contributed by atoms with Crippen LogP contribution >= 0.6 is 0 Å². The van der Waals surface area contributed by atoms with Crippen LogP contribution in [0.25, 0.3) is 0 Å². The van der Waals surface area contributed by atoms with Crippen molar-refractivity contribution in [3.63, 3.8) is 0 Å². The molecule has 0 atom stereocenters. The van der Waals surface area contributed by atoms with Gasteiger partial charge >= 0.3 is 0 Å². The summed E-state index contributed by atoms with van der Waals surface area (Å²) in [6.45, 7) is 2.39. The second kappa shape index (κ2) is 7.13. The van der Waals surface area contributed by atoms with Crippen LogP contribution in [0.3, 0.4) is 0 Å². The van der Waals surface area contributed by atoms with E-state index in [1.807, 2.05) is 13.0 Å². The molecule has 0 bridgehead atoms. The van der Waals surface area contributed by atoms with Gasteiger partial charge in [0, 0.05) is 18.2 Å². The topological polar surface area (TPSA) is 66.5 Å². The third-order valence-corrected chi connectivity index (χ3v) is 6.89. The van der Waals surface area contributed by atoms with Gasteiger partial charge in [-0.15, -0.1) is 0 Å². The van der Waals surface area contributed by atoms with Crippen LogP contribution < -0.4 is 9.62 Å². The Morgan fingerprint density at radius 3 is 2.58 bits per heavy atom. The molecule has 0 unspecified atom stereocenters. The molecule has 0 aromatic heterocycles. The molecule has 5 nitrogen and oxygen atoms in total. The fourth-order valence-corrected chi connectivity index (χ4v) is 5.29. The van der Waals surface area contributed by atoms with Gasteiger partial charge in [0.25, 0.3) is 5.91 Å². The lowest BCUT2D eigenvalue weighted by Crippen LogP contribution is -2.39. The van der Waals surface area contributed by atoms with Crippen molar-refractivity contribution >= 4 is 21.6 Å². The Morgan fingerprint density at radius 1 is 1.12 bits per heavy atom. The SMILES string of the molecule is Cc1ccc(C(=O)NC2CCCCC2)cc1N1CCCCS1(=O)=O. The molecule has 1 N–H and O–H groups in total. The number of nitrogens with zero attached hydrogens (tertiary/aromatic N) is 1. The van der Waals surface area contributed by atoms with Crippen LogP contribution in [-0.2, 0) is 10.0 Å². The second-order valence-electron chi connectivity index (χ2n) is 6.90. The number of amides is 1. The minimum absolute atomic E-state index is 0.0995. The highest BCUT2D eigenvalue weighted by Gasteiger charge is 2.28. The van der Waals surface area contributed by atoms with Crippen LogP contribution in [0.5, 0.6) is 0 Å². The fraction of sp³-hybridized carbons (Fsp3) is 0.611. The van der Waals surface area contributed by atoms with Crippen molar-refractivity contribution in [2.24, 2.45) is 0 Å². The molecule has 1 amide bonds. The van der Waals surface area contributed by atoms with E-state index in [9.17, 15) is 13.2 Å². The monoisotopic (exact) mass is 350 g/mol. The number of nitrogens with one attached hydrogen (secondary N) is 1. The van der Waals surface area contributed by atoms with Crippen molar-refractivity contribution in [2.45, 2.75) is 57.9 Å². The third kappa shape index (κ3) is 3.74. The molecule has 0 spiro atoms. The molecule has 1 heterocycles. The first kappa shape index (κ1) is 17.3. The highest BCUT2D eigenvalue weighted by Crippen LogP contribution is 2.28. The van der Waals surface area contributed by atoms with Gasteiger partial charge in [-0.05, 0) is 50.3 Å². The average molecular weight is 350 g/mol. The minimum atomic E-state index is -3.27. The molecule has 1 saturated carbocycles. The zero-order valence-electron chi connectivity index (χ0n) is 14.3. The number of hydrogen-bond acceptors (Lipinski definition) is 3. The predicted octanol–water partition coefficient (Wildman–Crippen LogP) is 2.99. The van der Waals surface area contributed by atoms with Gasteiger partial charge in [-0.1, -0.05) is 25.3 Å². The zero-order valence-corrected chi connectivity index (χ0v) is 15.1. The molecule has 2 aliphatic rings. The second-order valence-corrected chi connectivity index (χ2v) is 8.92. The molecule has 2 fully saturated rings. The van der Waals surface area contributed by atoms with Gasteiger partial charge in [-0.25, -0.2) is 8.42 Å². The molecule has 1 aromatic carbocycles. The maximum atomic E-state index is 12.5. The predicted molar refractivity (Wildman–Crippen MR) is 95.9 cm³/mol. The van der Waals surface area contributed by atoms with Crippen LogP contribution in [0.1, 0.15) is 60.9 Å². The molecule has 132 valence electrons. The number of carbonyl (C=O) groups is 1. The Labute approximate surface area is 144 Å². The Bertz CT molecular complexity index is 709. The van der Waals surface area contributed by atoms with Gasteiger partial charge in [0.15, 0.2) is 0 Å². The van der Waals surface area contributed by atoms with E-state index in [1.165, 1.54) is 10.7 Å². The van der Waals surface area contributed by atoms with Crippen LogP contribution in [-0.4, -0.2) is 32.7 Å². The third-order valence-electron chi connectivity index (χ3n) is 5.03. The van der Waals surface area contributed by atoms with E-state index in [1.54, 1.807) is 12.1 Å². The van der Waals surface area contributed by atoms with Gasteiger partial charge in [0.2, 0.25) is 10.0 Å². The van der Waals surface area contributed by atoms with E-state index in [0.717, 1.165) is 37.7 Å². The molecule has 1 aliphatic heterocycles. The summed E-state index contributed by atoms with van der Waals surface area (Å²) < 4.78 is 26.2. The first-order valence-corrected chi connectivity index (χ1v) is 10.5. The van der Waals surface area contributed by atoms with Crippen LogP contribution in [0.15, 0.2) is 18.2 Å². The lowest BCUT2D eigenvalue weighted by Gasteiger charge is -2.30. The highest BCUT2D eigenvalue weighted by molar-refractivity contribution is 7.92. The molecule has 1 aliphatic carbocycles. The largest absolute Gasteiger partial charge is 0.349 e. The first-order valence-electron chi connectivity index (χ1n) is 8.89. The molecule has 1 aromatic rings. The lowest BCUT2D eigenvalue weighted by atomic mass is 9.95. The van der Waals surface area contributed by atoms with Crippen LogP contribution in [0, 0.1) is 6.92 Å². The molecule has 3 rings (SSSR count). The van der Waals surface area contributed by atoms with Gasteiger partial charge in [-0.2, -0.15) is 0 Å². The van der Waals surface area contributed by atoms with Gasteiger partial charge in [0.1, 0.15) is 0 Å². The van der Waals surface area contributed by atoms with Crippen LogP contribution in [0.2, 0.25) is 0 Å². The van der Waals surface area contributed by atoms with E-state index in [-0.39, 0.29) is 17.7 Å². The number of sulfonamides is 1. The molecule has 24 heavy (non-hydrogen) atoms. The highest BCUT2D eigenvalue weighted by atomic mass is 32.2. The Kier molecular flexibility index (Phi) is 5.13. The number of aryl methyl sites for hydroxylation is 1. The van der Waals surface area contributed by atoms with E-state index in [2.05, 4.69) is 5.32 Å². The standard InChI is InChI=1S/C18H26N2O3S/c1-14-9-10-15(18(21)19-16-7-3-2-4-8-16)13-17(14)20-11-5-6-12-24(20,22)23/h9-10,13,16H,2-8,11-12H2,1H3,(H,19,21). The maximum Gasteiger partial charge on any atom is 0.251 e. The Hall–Kier alpha value is -1.56. The summed E-state index contributed by atoms with van der Waals surface area (Å²) in [4.78, 5) is 12.5. The van der Waals surface area contributed by atoms with Crippen molar-refractivity contribution in [3.05, 3.63) is 29.3 Å². The average Bonchev–Trinajstić information content (AvgIpc) is 2.56. The van der Waals surface area contributed by atoms with Crippen molar-refractivity contribution < 1.29 is 13.2 Å². The van der Waals surface area contributed by atoms with E-state index in [4.69, 9.17) is 0 Å². The normalized spacial score (nSPS) is 21.5. The summed E-state index contributed by atoms with van der Waals surface area (Å²) in [5, 5.41) is 3.10. The molecular weight excluding hydrogens is 324 g/mol. The maximum absolute atomic E-state index is 12.5. The van der Waals surface area contributed by atoms with E-state index < -0.39 is 10.0 Å². The van der Waals surface area contributed by atoms with Crippen LogP contribution in [0.4, 0.5) is 5.69 Å². The summed E-state index contributed by atoms with van der Waals surface area (Å²) in [5.41, 5.74) is 2.07. The number of rotatable bonds is 3. The quantitative estimate of drug-likeness (QED) is 0.911. The van der Waals surface area contributed by atoms with Gasteiger partial charge in [0.05, 0.1) is 11.4 Å². The molecular formula is C18H26N2O3S. The summed E-state index contributed by atoms with van der Waals surface area (Å²) in [6.07, 6.45) is 7.20. The Balaban J connectivity index is 1.81. The minimum Gasteiger partial charge on any atom is -0.349 e. The van der Waals surface area contributed by atoms with Gasteiger partial charge < -0.3 is 5.32 Å². The van der Waals surface area contributed by atoms with Crippen molar-refractivity contribution in [1.82, 2.24) is 5.32 Å². The molecule has 1 saturated heterocycles. The number of hydrogen-bond donors (Lipinski definition) is 1. The summed E-state index contributed by atoms with van der Waals surface area (Å²) in [6, 6.07) is 5.61. The van der Waals surface area contributed by atoms with E-state index in [0.29, 0.717) is 24.2 Å². The summed E-state index contributed by atoms with van der Waals surface area (Å²) in [5.74, 6) is 0.0860. The van der Waals surface area contributed by atoms with E-state index >= 15 is 0 Å². The van der Waals surface area contributed by atoms with Crippen molar-refractivity contribution in [3.8, 4) is 0 Å². The van der Waals surface area contributed by atoms with Crippen molar-refractivity contribution in [2.75, 3.05) is 16.6 Å².